The smallest absolute Gasteiger partial charge is 0.336 e. The van der Waals surface area contributed by atoms with Crippen molar-refractivity contribution >= 4 is 58.1 Å². The number of pyridine rings is 2. The number of thioether (sulfide) groups is 1. The fraction of sp³-hybridized carbons (Fsp3) is 0.491. The Labute approximate surface area is 476 Å². The fourth-order valence-corrected chi connectivity index (χ4v) is 12.1. The number of halogens is 9. The second-order valence-corrected chi connectivity index (χ2v) is 25.1. The zero-order chi connectivity index (χ0) is 60.2. The molecule has 2 N–H and O–H groups in total. The van der Waals surface area contributed by atoms with Gasteiger partial charge < -0.3 is 20.4 Å². The molecule has 82 heavy (non-hydrogen) atoms. The lowest BCUT2D eigenvalue weighted by Gasteiger charge is -2.29. The van der Waals surface area contributed by atoms with Crippen molar-refractivity contribution in [2.75, 3.05) is 19.3 Å². The van der Waals surface area contributed by atoms with Crippen LogP contribution in [0, 0.1) is 54.3 Å². The maximum atomic E-state index is 13.8. The molecule has 4 aromatic rings. The SMILES string of the molecule is CS(=O)(=O)O[C@H]1C[C@@H](C(=O)NC2(C#N)CC2)N(C(=O)C2(C(F)(F)F)CC2)C1.Cc1cc(-c2ccc(S)c(C(F)(F)F)c2)ccn1.Cc1cc(-c2ccc(S[C@@H]3C[C@@H](C(=O)NC4(C#N)CC4)N(C(=O)C4(C(F)(F)F)CC4)C3)c(C)c2)ccn1. The molecule has 0 radical (unpaired) electrons. The number of nitriles is 2. The number of thiol groups is 1. The molecular formula is C55H55F9N8O7S3. The number of carbonyl (C=O) groups excluding carboxylic acids is 4. The molecule has 10 rings (SSSR count). The molecule has 4 aliphatic carbocycles. The summed E-state index contributed by atoms with van der Waals surface area (Å²) in [6.07, 6.45) is -10.3. The molecule has 27 heteroatoms. The van der Waals surface area contributed by atoms with Crippen molar-refractivity contribution in [2.24, 2.45) is 10.8 Å². The van der Waals surface area contributed by atoms with E-state index in [0.717, 1.165) is 55.1 Å². The molecule has 2 aromatic carbocycles. The molecule has 2 saturated heterocycles. The molecule has 2 aliphatic heterocycles. The number of likely N-dealkylation sites (tertiary alicyclic amines) is 2. The first-order valence-corrected chi connectivity index (χ1v) is 29.0. The summed E-state index contributed by atoms with van der Waals surface area (Å²) in [6, 6.07) is 19.1. The summed E-state index contributed by atoms with van der Waals surface area (Å²) in [5, 5.41) is 23.3. The third-order valence-electron chi connectivity index (χ3n) is 15.3. The highest BCUT2D eigenvalue weighted by Gasteiger charge is 2.72. The topological polar surface area (TPSA) is 216 Å². The van der Waals surface area contributed by atoms with Crippen molar-refractivity contribution in [1.29, 1.82) is 10.5 Å². The average Bonchev–Trinajstić information content (AvgIpc) is 4.27. The van der Waals surface area contributed by atoms with E-state index in [9.17, 15) is 72.4 Å². The van der Waals surface area contributed by atoms with Crippen LogP contribution in [0.25, 0.3) is 22.3 Å². The second-order valence-electron chi connectivity index (χ2n) is 21.7. The molecule has 6 aliphatic rings. The van der Waals surface area contributed by atoms with Gasteiger partial charge in [0.1, 0.15) is 34.0 Å². The quantitative estimate of drug-likeness (QED) is 0.0687. The standard InChI is InChI=1S/C27H27F3N4O2S.C15H18F3N3O5S.C13H10F3NS/c1-16-11-18(19-5-10-32-17(2)12-19)3-4-22(16)37-20-13-21(23(35)33-25(15-31)6-7-25)34(14-20)24(36)26(8-9-26)27(28,29)30;1-27(24,25)26-9-6-10(11(22)20-13(8-19)2-3-13)21(7-9)12(23)14(4-5-14)15(16,17)18;1-8-6-10(4-5-17-8)9-2-3-12(18)11(7-9)13(14,15)16/h3-5,10-12,20-21H,6-9,13-14H2,1-2H3,(H,33,35);9-10H,2-7H2,1H3,(H,20,22);2-7,18H,1H3/t20-,21+;9-,10-;/m10./s1. The van der Waals surface area contributed by atoms with Crippen molar-refractivity contribution in [3.63, 3.8) is 0 Å². The summed E-state index contributed by atoms with van der Waals surface area (Å²) < 4.78 is 147. The van der Waals surface area contributed by atoms with Crippen molar-refractivity contribution < 1.29 is 71.3 Å². The van der Waals surface area contributed by atoms with Gasteiger partial charge in [-0.2, -0.15) is 58.5 Å². The number of aryl methyl sites for hydroxylation is 3. The van der Waals surface area contributed by atoms with E-state index in [1.165, 1.54) is 17.8 Å². The van der Waals surface area contributed by atoms with Gasteiger partial charge in [-0.1, -0.05) is 18.2 Å². The van der Waals surface area contributed by atoms with Crippen molar-refractivity contribution in [3.8, 4) is 34.4 Å². The van der Waals surface area contributed by atoms with Crippen LogP contribution in [0.15, 0.2) is 82.8 Å². The number of nitrogens with zero attached hydrogens (tertiary/aromatic N) is 6. The first-order chi connectivity index (χ1) is 38.2. The highest BCUT2D eigenvalue weighted by Crippen LogP contribution is 2.60. The van der Waals surface area contributed by atoms with E-state index in [1.54, 1.807) is 37.5 Å². The highest BCUT2D eigenvalue weighted by molar-refractivity contribution is 8.00. The number of carbonyl (C=O) groups is 4. The van der Waals surface area contributed by atoms with Gasteiger partial charge in [0.2, 0.25) is 23.6 Å². The number of alkyl halides is 9. The number of rotatable bonds is 12. The van der Waals surface area contributed by atoms with E-state index in [1.807, 2.05) is 50.2 Å². The normalized spacial score (nSPS) is 22.4. The van der Waals surface area contributed by atoms with Gasteiger partial charge in [-0.05, 0) is 149 Å². The van der Waals surface area contributed by atoms with Gasteiger partial charge in [0.05, 0.1) is 30.1 Å². The van der Waals surface area contributed by atoms with Gasteiger partial charge >= 0.3 is 18.5 Å². The Balaban J connectivity index is 0.000000172. The molecule has 2 aromatic heterocycles. The van der Waals surface area contributed by atoms with Crippen LogP contribution in [0.1, 0.15) is 86.7 Å². The molecular weight excluding hydrogens is 1150 g/mol. The maximum absolute atomic E-state index is 13.8. The number of hydrogen-bond donors (Lipinski definition) is 3. The zero-order valence-electron chi connectivity index (χ0n) is 44.4. The zero-order valence-corrected chi connectivity index (χ0v) is 47.0. The Morgan fingerprint density at radius 2 is 1.10 bits per heavy atom. The van der Waals surface area contributed by atoms with Crippen molar-refractivity contribution in [3.05, 3.63) is 95.6 Å². The predicted molar refractivity (Wildman–Crippen MR) is 282 cm³/mol. The van der Waals surface area contributed by atoms with Gasteiger partial charge in [0.25, 0.3) is 10.1 Å². The minimum atomic E-state index is -4.76. The molecule has 0 spiro atoms. The van der Waals surface area contributed by atoms with E-state index >= 15 is 0 Å². The van der Waals surface area contributed by atoms with E-state index in [-0.39, 0.29) is 55.2 Å². The van der Waals surface area contributed by atoms with Crippen molar-refractivity contribution in [2.45, 2.75) is 148 Å². The van der Waals surface area contributed by atoms with Gasteiger partial charge in [-0.3, -0.25) is 33.3 Å². The number of aromatic nitrogens is 2. The molecule has 438 valence electrons. The first-order valence-electron chi connectivity index (χ1n) is 25.8. The number of amides is 4. The third-order valence-corrected chi connectivity index (χ3v) is 17.6. The van der Waals surface area contributed by atoms with Crippen LogP contribution in [-0.2, 0) is 39.7 Å². The average molecular weight is 1210 g/mol. The van der Waals surface area contributed by atoms with Crippen LogP contribution in [-0.4, -0.2) is 118 Å². The lowest BCUT2D eigenvalue weighted by atomic mass is 10.0. The minimum absolute atomic E-state index is 0.0453. The third kappa shape index (κ3) is 13.6. The summed E-state index contributed by atoms with van der Waals surface area (Å²) in [5.74, 6) is -3.60. The van der Waals surface area contributed by atoms with Crippen LogP contribution in [0.2, 0.25) is 0 Å². The molecule has 6 fully saturated rings. The predicted octanol–water partition coefficient (Wildman–Crippen LogP) is 9.75. The van der Waals surface area contributed by atoms with E-state index < -0.39 is 104 Å². The molecule has 4 heterocycles. The molecule has 0 unspecified atom stereocenters. The molecule has 4 amide bonds. The number of benzene rings is 2. The van der Waals surface area contributed by atoms with Crippen LogP contribution in [0.5, 0.6) is 0 Å². The lowest BCUT2D eigenvalue weighted by molar-refractivity contribution is -0.200. The van der Waals surface area contributed by atoms with Crippen LogP contribution in [0.3, 0.4) is 0 Å². The van der Waals surface area contributed by atoms with E-state index in [0.29, 0.717) is 36.8 Å². The summed E-state index contributed by atoms with van der Waals surface area (Å²) in [6.45, 7) is 5.29. The monoisotopic (exact) mass is 1210 g/mol. The second kappa shape index (κ2) is 22.6. The van der Waals surface area contributed by atoms with Gasteiger partial charge in [-0.25, -0.2) is 0 Å². The van der Waals surface area contributed by atoms with Gasteiger partial charge in [-0.15, -0.1) is 24.4 Å². The van der Waals surface area contributed by atoms with Crippen LogP contribution in [0.4, 0.5) is 39.5 Å². The van der Waals surface area contributed by atoms with E-state index in [2.05, 4.69) is 39.3 Å². The fourth-order valence-electron chi connectivity index (χ4n) is 9.93. The summed E-state index contributed by atoms with van der Waals surface area (Å²) >= 11 is 5.31. The molecule has 0 bridgehead atoms. The largest absolute Gasteiger partial charge is 0.417 e. The Morgan fingerprint density at radius 1 is 0.659 bits per heavy atom. The Bertz CT molecular complexity index is 3370. The molecule has 4 saturated carbocycles. The molecule has 4 atom stereocenters. The van der Waals surface area contributed by atoms with Crippen LogP contribution >= 0.6 is 24.4 Å². The number of hydrogen-bond acceptors (Lipinski definition) is 13. The number of nitrogens with one attached hydrogen (secondary N) is 2. The van der Waals surface area contributed by atoms with Crippen molar-refractivity contribution in [1.82, 2.24) is 30.4 Å². The van der Waals surface area contributed by atoms with Crippen LogP contribution < -0.4 is 10.6 Å². The highest BCUT2D eigenvalue weighted by atomic mass is 32.2. The first kappa shape index (κ1) is 61.6. The van der Waals surface area contributed by atoms with Gasteiger partial charge in [0, 0.05) is 58.3 Å². The minimum Gasteiger partial charge on any atom is -0.336 e. The maximum Gasteiger partial charge on any atom is 0.417 e. The summed E-state index contributed by atoms with van der Waals surface area (Å²) in [5.41, 5.74) is -1.73. The molecule has 15 nitrogen and oxygen atoms in total. The summed E-state index contributed by atoms with van der Waals surface area (Å²) in [7, 11) is -3.93. The van der Waals surface area contributed by atoms with Gasteiger partial charge in [0.15, 0.2) is 0 Å². The Kier molecular flexibility index (Phi) is 17.0. The van der Waals surface area contributed by atoms with E-state index in [4.69, 9.17) is 9.44 Å². The Hall–Kier alpha value is -6.42. The Morgan fingerprint density at radius 3 is 1.50 bits per heavy atom. The summed E-state index contributed by atoms with van der Waals surface area (Å²) in [4.78, 5) is 62.4. The lowest BCUT2D eigenvalue weighted by Crippen LogP contribution is -2.53.